The third kappa shape index (κ3) is 2.73. The zero-order valence-corrected chi connectivity index (χ0v) is 11.5. The summed E-state index contributed by atoms with van der Waals surface area (Å²) in [7, 11) is 0. The largest absolute Gasteiger partial charge is 0.453 e. The summed E-state index contributed by atoms with van der Waals surface area (Å²) in [6, 6.07) is 11.1. The van der Waals surface area contributed by atoms with Gasteiger partial charge in [-0.25, -0.2) is 0 Å². The molecule has 0 radical (unpaired) electrons. The van der Waals surface area contributed by atoms with E-state index in [1.807, 2.05) is 25.1 Å². The molecule has 0 aliphatic carbocycles. The van der Waals surface area contributed by atoms with Crippen LogP contribution in [0.3, 0.4) is 0 Å². The third-order valence-corrected chi connectivity index (χ3v) is 3.14. The lowest BCUT2D eigenvalue weighted by Crippen LogP contribution is -1.94. The van der Waals surface area contributed by atoms with Gasteiger partial charge in [0.05, 0.1) is 10.7 Å². The van der Waals surface area contributed by atoms with Gasteiger partial charge in [-0.15, -0.1) is 0 Å². The molecule has 0 saturated heterocycles. The number of anilines is 1. The molecule has 2 aromatic rings. The van der Waals surface area contributed by atoms with Crippen LogP contribution in [0.2, 0.25) is 5.02 Å². The summed E-state index contributed by atoms with van der Waals surface area (Å²) in [6.45, 7) is 1.94. The van der Waals surface area contributed by atoms with Crippen LogP contribution in [0.4, 0.5) is 5.69 Å². The van der Waals surface area contributed by atoms with Crippen molar-refractivity contribution in [2.75, 3.05) is 5.73 Å². The van der Waals surface area contributed by atoms with Gasteiger partial charge in [0, 0.05) is 4.47 Å². The lowest BCUT2D eigenvalue weighted by molar-refractivity contribution is 0.481. The predicted molar refractivity (Wildman–Crippen MR) is 74.8 cm³/mol. The van der Waals surface area contributed by atoms with E-state index in [1.165, 1.54) is 0 Å². The number of hydrogen-bond acceptors (Lipinski definition) is 2. The average molecular weight is 313 g/mol. The van der Waals surface area contributed by atoms with Crippen molar-refractivity contribution in [2.24, 2.45) is 0 Å². The monoisotopic (exact) mass is 311 g/mol. The molecular weight excluding hydrogens is 302 g/mol. The molecule has 2 rings (SSSR count). The fraction of sp³-hybridized carbons (Fsp3) is 0.0769. The number of hydrogen-bond donors (Lipinski definition) is 1. The number of nitrogens with two attached hydrogens (primary N) is 1. The molecule has 0 amide bonds. The smallest absolute Gasteiger partial charge is 0.153 e. The van der Waals surface area contributed by atoms with E-state index in [2.05, 4.69) is 15.9 Å². The topological polar surface area (TPSA) is 35.2 Å². The Morgan fingerprint density at radius 1 is 1.24 bits per heavy atom. The van der Waals surface area contributed by atoms with Crippen molar-refractivity contribution in [2.45, 2.75) is 6.92 Å². The van der Waals surface area contributed by atoms with E-state index < -0.39 is 0 Å². The highest BCUT2D eigenvalue weighted by Gasteiger charge is 2.08. The summed E-state index contributed by atoms with van der Waals surface area (Å²) >= 11 is 9.43. The highest BCUT2D eigenvalue weighted by Crippen LogP contribution is 2.35. The average Bonchev–Trinajstić information content (AvgIpc) is 2.26. The zero-order chi connectivity index (χ0) is 12.4. The second kappa shape index (κ2) is 4.98. The number of aryl methyl sites for hydroxylation is 1. The molecule has 17 heavy (non-hydrogen) atoms. The van der Waals surface area contributed by atoms with Gasteiger partial charge in [0.25, 0.3) is 0 Å². The summed E-state index contributed by atoms with van der Waals surface area (Å²) in [4.78, 5) is 0. The minimum absolute atomic E-state index is 0.544. The van der Waals surface area contributed by atoms with Crippen molar-refractivity contribution in [3.63, 3.8) is 0 Å². The quantitative estimate of drug-likeness (QED) is 0.810. The molecule has 0 fully saturated rings. The van der Waals surface area contributed by atoms with Crippen LogP contribution in [-0.4, -0.2) is 0 Å². The first kappa shape index (κ1) is 12.3. The Morgan fingerprint density at radius 2 is 2.00 bits per heavy atom. The summed E-state index contributed by atoms with van der Waals surface area (Å²) < 4.78 is 6.66. The Balaban J connectivity index is 2.38. The first-order valence-corrected chi connectivity index (χ1v) is 6.23. The van der Waals surface area contributed by atoms with E-state index in [0.29, 0.717) is 22.2 Å². The number of ether oxygens (including phenoxy) is 1. The normalized spacial score (nSPS) is 10.3. The van der Waals surface area contributed by atoms with Gasteiger partial charge in [0.15, 0.2) is 5.75 Å². The molecular formula is C13H11BrClNO. The third-order valence-electron chi connectivity index (χ3n) is 2.35. The van der Waals surface area contributed by atoms with Gasteiger partial charge >= 0.3 is 0 Å². The molecule has 0 spiro atoms. The van der Waals surface area contributed by atoms with Crippen LogP contribution >= 0.6 is 27.5 Å². The Hall–Kier alpha value is -1.19. The van der Waals surface area contributed by atoms with Crippen LogP contribution in [0, 0.1) is 6.92 Å². The maximum Gasteiger partial charge on any atom is 0.153 e. The molecule has 0 heterocycles. The first-order chi connectivity index (χ1) is 8.08. The molecule has 0 bridgehead atoms. The lowest BCUT2D eigenvalue weighted by Gasteiger charge is -2.12. The van der Waals surface area contributed by atoms with Crippen molar-refractivity contribution in [1.82, 2.24) is 0 Å². The second-order valence-corrected chi connectivity index (χ2v) is 4.99. The van der Waals surface area contributed by atoms with Crippen molar-refractivity contribution >= 4 is 33.2 Å². The predicted octanol–water partition coefficient (Wildman–Crippen LogP) is 4.79. The number of halogens is 2. The van der Waals surface area contributed by atoms with E-state index in [0.717, 1.165) is 10.0 Å². The number of nitrogen functional groups attached to an aromatic ring is 1. The lowest BCUT2D eigenvalue weighted by atomic mass is 10.2. The van der Waals surface area contributed by atoms with Gasteiger partial charge in [-0.1, -0.05) is 39.7 Å². The molecule has 2 nitrogen and oxygen atoms in total. The molecule has 0 saturated carbocycles. The van der Waals surface area contributed by atoms with Gasteiger partial charge in [-0.05, 0) is 36.8 Å². The van der Waals surface area contributed by atoms with Gasteiger partial charge in [-0.2, -0.15) is 0 Å². The molecule has 88 valence electrons. The van der Waals surface area contributed by atoms with Crippen LogP contribution in [0.1, 0.15) is 5.56 Å². The summed E-state index contributed by atoms with van der Waals surface area (Å²) in [5.74, 6) is 1.24. The first-order valence-electron chi connectivity index (χ1n) is 5.06. The van der Waals surface area contributed by atoms with E-state index >= 15 is 0 Å². The van der Waals surface area contributed by atoms with E-state index in [4.69, 9.17) is 22.1 Å². The SMILES string of the molecule is Cc1cccc(N)c1Oc1ccc(Br)cc1Cl. The Morgan fingerprint density at radius 3 is 2.65 bits per heavy atom. The molecule has 2 aromatic carbocycles. The molecule has 4 heteroatoms. The van der Waals surface area contributed by atoms with Crippen molar-refractivity contribution in [1.29, 1.82) is 0 Å². The van der Waals surface area contributed by atoms with Crippen LogP contribution < -0.4 is 10.5 Å². The molecule has 0 aliphatic heterocycles. The maximum absolute atomic E-state index is 6.09. The van der Waals surface area contributed by atoms with E-state index in [9.17, 15) is 0 Å². The van der Waals surface area contributed by atoms with Crippen LogP contribution in [-0.2, 0) is 0 Å². The Labute approximate surface area is 113 Å². The number of rotatable bonds is 2. The molecule has 0 unspecified atom stereocenters. The fourth-order valence-electron chi connectivity index (χ4n) is 1.48. The van der Waals surface area contributed by atoms with Gasteiger partial charge in [-0.3, -0.25) is 0 Å². The molecule has 2 N–H and O–H groups in total. The van der Waals surface area contributed by atoms with Crippen LogP contribution in [0.25, 0.3) is 0 Å². The Kier molecular flexibility index (Phi) is 3.60. The van der Waals surface area contributed by atoms with E-state index in [-0.39, 0.29) is 0 Å². The molecule has 0 aromatic heterocycles. The van der Waals surface area contributed by atoms with E-state index in [1.54, 1.807) is 18.2 Å². The van der Waals surface area contributed by atoms with Gasteiger partial charge < -0.3 is 10.5 Å². The molecule has 0 atom stereocenters. The van der Waals surface area contributed by atoms with Crippen LogP contribution in [0.15, 0.2) is 40.9 Å². The maximum atomic E-state index is 6.09. The summed E-state index contributed by atoms with van der Waals surface area (Å²) in [6.07, 6.45) is 0. The standard InChI is InChI=1S/C13H11BrClNO/c1-8-3-2-4-11(16)13(8)17-12-6-5-9(14)7-10(12)15/h2-7H,16H2,1H3. The summed E-state index contributed by atoms with van der Waals surface area (Å²) in [5.41, 5.74) is 7.45. The minimum atomic E-state index is 0.544. The van der Waals surface area contributed by atoms with Gasteiger partial charge in [0.2, 0.25) is 0 Å². The van der Waals surface area contributed by atoms with Gasteiger partial charge in [0.1, 0.15) is 5.75 Å². The second-order valence-electron chi connectivity index (χ2n) is 3.67. The van der Waals surface area contributed by atoms with Crippen LogP contribution in [0.5, 0.6) is 11.5 Å². The van der Waals surface area contributed by atoms with Crippen molar-refractivity contribution in [3.05, 3.63) is 51.5 Å². The minimum Gasteiger partial charge on any atom is -0.453 e. The zero-order valence-electron chi connectivity index (χ0n) is 9.21. The highest BCUT2D eigenvalue weighted by molar-refractivity contribution is 9.10. The van der Waals surface area contributed by atoms with Crippen molar-refractivity contribution in [3.8, 4) is 11.5 Å². The van der Waals surface area contributed by atoms with Crippen molar-refractivity contribution < 1.29 is 4.74 Å². The highest BCUT2D eigenvalue weighted by atomic mass is 79.9. The summed E-state index contributed by atoms with van der Waals surface area (Å²) in [5, 5.41) is 0.544. The Bertz CT molecular complexity index is 537. The molecule has 0 aliphatic rings. The number of benzene rings is 2. The number of para-hydroxylation sites is 1. The fourth-order valence-corrected chi connectivity index (χ4v) is 2.19.